The Bertz CT molecular complexity index is 1150. The summed E-state index contributed by atoms with van der Waals surface area (Å²) in [6, 6.07) is 14.7. The second-order valence-corrected chi connectivity index (χ2v) is 8.06. The van der Waals surface area contributed by atoms with E-state index in [0.717, 1.165) is 10.7 Å². The third kappa shape index (κ3) is 3.28. The van der Waals surface area contributed by atoms with E-state index >= 15 is 0 Å². The molecule has 0 fully saturated rings. The van der Waals surface area contributed by atoms with Crippen molar-refractivity contribution in [2.75, 3.05) is 0 Å². The van der Waals surface area contributed by atoms with E-state index in [1.807, 2.05) is 48.7 Å². The summed E-state index contributed by atoms with van der Waals surface area (Å²) in [7, 11) is 0. The molecule has 130 valence electrons. The molecule has 0 spiro atoms. The maximum atomic E-state index is 13.2. The van der Waals surface area contributed by atoms with Gasteiger partial charge in [0, 0.05) is 11.1 Å². The zero-order valence-electron chi connectivity index (χ0n) is 13.8. The van der Waals surface area contributed by atoms with Crippen LogP contribution in [0.3, 0.4) is 0 Å². The van der Waals surface area contributed by atoms with Crippen LogP contribution in [-0.4, -0.2) is 14.5 Å². The van der Waals surface area contributed by atoms with Gasteiger partial charge in [-0.2, -0.15) is 0 Å². The largest absolute Gasteiger partial charge is 0.268 e. The van der Waals surface area contributed by atoms with E-state index in [1.54, 1.807) is 28.0 Å². The van der Waals surface area contributed by atoms with Crippen molar-refractivity contribution in [2.24, 2.45) is 0 Å². The van der Waals surface area contributed by atoms with E-state index in [9.17, 15) is 4.79 Å². The summed E-state index contributed by atoms with van der Waals surface area (Å²) in [6.45, 7) is 1.98. The number of aryl methyl sites for hydroxylation is 1. The number of rotatable bonds is 4. The Balaban J connectivity index is 1.88. The lowest BCUT2D eigenvalue weighted by molar-refractivity contribution is 0.819. The van der Waals surface area contributed by atoms with E-state index in [0.29, 0.717) is 32.5 Å². The molecule has 2 heterocycles. The molecular weight excluding hydrogens is 386 g/mol. The molecule has 4 aromatic rings. The average molecular weight is 400 g/mol. The minimum absolute atomic E-state index is 0.124. The molecule has 0 atom stereocenters. The first-order valence-electron chi connectivity index (χ1n) is 7.94. The number of nitrogens with zero attached hydrogens (tertiary/aromatic N) is 3. The van der Waals surface area contributed by atoms with Crippen molar-refractivity contribution in [1.29, 1.82) is 0 Å². The maximum Gasteiger partial charge on any atom is 0.266 e. The van der Waals surface area contributed by atoms with Crippen molar-refractivity contribution in [3.8, 4) is 5.69 Å². The lowest BCUT2D eigenvalue weighted by Gasteiger charge is -2.14. The van der Waals surface area contributed by atoms with Gasteiger partial charge in [-0.3, -0.25) is 9.36 Å². The van der Waals surface area contributed by atoms with Crippen molar-refractivity contribution in [3.63, 3.8) is 0 Å². The SMILES string of the molecule is Cc1nc(CSc2nc3ccccc3c(=O)n2-c2ccccc2Cl)cs1. The summed E-state index contributed by atoms with van der Waals surface area (Å²) in [5.74, 6) is 0.638. The predicted molar refractivity (Wildman–Crippen MR) is 109 cm³/mol. The van der Waals surface area contributed by atoms with Gasteiger partial charge in [-0.1, -0.05) is 47.6 Å². The first-order chi connectivity index (χ1) is 12.6. The predicted octanol–water partition coefficient (Wildman–Crippen LogP) is 5.10. The molecule has 2 aromatic heterocycles. The third-order valence-corrected chi connectivity index (χ3v) is 5.97. The van der Waals surface area contributed by atoms with Crippen molar-refractivity contribution < 1.29 is 0 Å². The summed E-state index contributed by atoms with van der Waals surface area (Å²) in [5, 5.41) is 4.74. The standard InChI is InChI=1S/C19H14ClN3OS2/c1-12-21-13(10-25-12)11-26-19-22-16-8-4-2-6-14(16)18(24)23(19)17-9-5-3-7-15(17)20/h2-10H,11H2,1H3. The smallest absolute Gasteiger partial charge is 0.266 e. The third-order valence-electron chi connectivity index (χ3n) is 3.85. The molecule has 0 bridgehead atoms. The zero-order valence-corrected chi connectivity index (χ0v) is 16.2. The molecule has 4 rings (SSSR count). The van der Waals surface area contributed by atoms with Crippen LogP contribution in [0.25, 0.3) is 16.6 Å². The van der Waals surface area contributed by atoms with Gasteiger partial charge in [0.2, 0.25) is 0 Å². The molecule has 0 N–H and O–H groups in total. The van der Waals surface area contributed by atoms with E-state index in [4.69, 9.17) is 16.6 Å². The minimum Gasteiger partial charge on any atom is -0.268 e. The Kier molecular flexibility index (Phi) is 4.80. The Morgan fingerprint density at radius 1 is 1.12 bits per heavy atom. The van der Waals surface area contributed by atoms with Gasteiger partial charge < -0.3 is 0 Å². The molecule has 7 heteroatoms. The fourth-order valence-corrected chi connectivity index (χ4v) is 4.50. The van der Waals surface area contributed by atoms with E-state index in [2.05, 4.69) is 4.98 Å². The van der Waals surface area contributed by atoms with Gasteiger partial charge in [0.25, 0.3) is 5.56 Å². The number of hydrogen-bond donors (Lipinski definition) is 0. The minimum atomic E-state index is -0.124. The lowest BCUT2D eigenvalue weighted by Crippen LogP contribution is -2.22. The van der Waals surface area contributed by atoms with Crippen LogP contribution >= 0.6 is 34.7 Å². The van der Waals surface area contributed by atoms with Crippen LogP contribution in [0.15, 0.2) is 63.9 Å². The second kappa shape index (κ2) is 7.23. The molecule has 4 nitrogen and oxygen atoms in total. The van der Waals surface area contributed by atoms with Crippen molar-refractivity contribution in [2.45, 2.75) is 17.8 Å². The fourth-order valence-electron chi connectivity index (χ4n) is 2.67. The van der Waals surface area contributed by atoms with Gasteiger partial charge in [0.15, 0.2) is 5.16 Å². The number of thioether (sulfide) groups is 1. The van der Waals surface area contributed by atoms with Crippen LogP contribution < -0.4 is 5.56 Å². The van der Waals surface area contributed by atoms with Gasteiger partial charge in [-0.25, -0.2) is 9.97 Å². The molecule has 0 aliphatic carbocycles. The summed E-state index contributed by atoms with van der Waals surface area (Å²) in [5.41, 5.74) is 2.17. The summed E-state index contributed by atoms with van der Waals surface area (Å²) in [6.07, 6.45) is 0. The highest BCUT2D eigenvalue weighted by Gasteiger charge is 2.15. The first kappa shape index (κ1) is 17.3. The first-order valence-corrected chi connectivity index (χ1v) is 10.2. The molecular formula is C19H14ClN3OS2. The quantitative estimate of drug-likeness (QED) is 0.354. The maximum absolute atomic E-state index is 13.2. The number of fused-ring (bicyclic) bond motifs is 1. The average Bonchev–Trinajstić information content (AvgIpc) is 3.06. The van der Waals surface area contributed by atoms with Crippen LogP contribution in [0.1, 0.15) is 10.7 Å². The zero-order chi connectivity index (χ0) is 18.1. The Morgan fingerprint density at radius 2 is 1.88 bits per heavy atom. The second-order valence-electron chi connectivity index (χ2n) is 5.65. The monoisotopic (exact) mass is 399 g/mol. The van der Waals surface area contributed by atoms with Crippen LogP contribution in [0.5, 0.6) is 0 Å². The number of para-hydroxylation sites is 2. The summed E-state index contributed by atoms with van der Waals surface area (Å²) >= 11 is 9.46. The van der Waals surface area contributed by atoms with Gasteiger partial charge in [0.1, 0.15) is 0 Å². The number of hydrogen-bond acceptors (Lipinski definition) is 5. The van der Waals surface area contributed by atoms with Crippen LogP contribution in [0.2, 0.25) is 5.02 Å². The molecule has 2 aromatic carbocycles. The van der Waals surface area contributed by atoms with Crippen molar-refractivity contribution in [3.05, 3.63) is 80.0 Å². The molecule has 0 amide bonds. The molecule has 0 unspecified atom stereocenters. The van der Waals surface area contributed by atoms with Crippen molar-refractivity contribution in [1.82, 2.24) is 14.5 Å². The lowest BCUT2D eigenvalue weighted by atomic mass is 10.2. The normalized spacial score (nSPS) is 11.2. The summed E-state index contributed by atoms with van der Waals surface area (Å²) < 4.78 is 1.59. The Hall–Kier alpha value is -2.15. The molecule has 0 aliphatic rings. The number of thiazole rings is 1. The fraction of sp³-hybridized carbons (Fsp3) is 0.105. The topological polar surface area (TPSA) is 47.8 Å². The molecule has 26 heavy (non-hydrogen) atoms. The van der Waals surface area contributed by atoms with Gasteiger partial charge in [-0.15, -0.1) is 11.3 Å². The number of halogens is 1. The van der Waals surface area contributed by atoms with Crippen LogP contribution in [-0.2, 0) is 5.75 Å². The number of benzene rings is 2. The highest BCUT2D eigenvalue weighted by atomic mass is 35.5. The van der Waals surface area contributed by atoms with Gasteiger partial charge in [-0.05, 0) is 31.2 Å². The van der Waals surface area contributed by atoms with Crippen LogP contribution in [0, 0.1) is 6.92 Å². The molecule has 0 radical (unpaired) electrons. The molecule has 0 saturated heterocycles. The highest BCUT2D eigenvalue weighted by molar-refractivity contribution is 7.98. The summed E-state index contributed by atoms with van der Waals surface area (Å²) in [4.78, 5) is 22.4. The van der Waals surface area contributed by atoms with E-state index < -0.39 is 0 Å². The number of aromatic nitrogens is 3. The van der Waals surface area contributed by atoms with Crippen LogP contribution in [0.4, 0.5) is 0 Å². The van der Waals surface area contributed by atoms with Gasteiger partial charge >= 0.3 is 0 Å². The molecule has 0 saturated carbocycles. The Morgan fingerprint density at radius 3 is 2.65 bits per heavy atom. The van der Waals surface area contributed by atoms with E-state index in [1.165, 1.54) is 11.8 Å². The van der Waals surface area contributed by atoms with Gasteiger partial charge in [0.05, 0.1) is 32.3 Å². The van der Waals surface area contributed by atoms with E-state index in [-0.39, 0.29) is 5.56 Å². The highest BCUT2D eigenvalue weighted by Crippen LogP contribution is 2.27. The Labute approximate surface area is 163 Å². The molecule has 0 aliphatic heterocycles. The van der Waals surface area contributed by atoms with Crippen molar-refractivity contribution >= 4 is 45.6 Å².